The first kappa shape index (κ1) is 15.0. The molecule has 2 aromatic rings. The van der Waals surface area contributed by atoms with Crippen molar-refractivity contribution in [2.45, 2.75) is 13.0 Å². The highest BCUT2D eigenvalue weighted by molar-refractivity contribution is 6.42. The maximum absolute atomic E-state index is 5.99. The third-order valence-corrected chi connectivity index (χ3v) is 3.56. The number of ether oxygens (including phenoxy) is 2. The van der Waals surface area contributed by atoms with Crippen LogP contribution in [0.25, 0.3) is 0 Å². The summed E-state index contributed by atoms with van der Waals surface area (Å²) in [6.45, 7) is 1.87. The van der Waals surface area contributed by atoms with E-state index in [-0.39, 0.29) is 6.04 Å². The smallest absolute Gasteiger partial charge is 0.135 e. The lowest BCUT2D eigenvalue weighted by atomic mass is 10.1. The first-order chi connectivity index (χ1) is 9.52. The van der Waals surface area contributed by atoms with Crippen molar-refractivity contribution in [3.8, 4) is 17.2 Å². The second kappa shape index (κ2) is 6.35. The van der Waals surface area contributed by atoms with E-state index in [0.29, 0.717) is 27.3 Å². The molecule has 20 heavy (non-hydrogen) atoms. The SMILES string of the molecule is COc1cccc(Oc2ccc(Cl)c(Cl)c2)c1[C@@H](C)N. The van der Waals surface area contributed by atoms with E-state index in [1.54, 1.807) is 25.3 Å². The van der Waals surface area contributed by atoms with Crippen LogP contribution in [-0.4, -0.2) is 7.11 Å². The van der Waals surface area contributed by atoms with Gasteiger partial charge >= 0.3 is 0 Å². The van der Waals surface area contributed by atoms with Crippen LogP contribution in [0.15, 0.2) is 36.4 Å². The van der Waals surface area contributed by atoms with E-state index >= 15 is 0 Å². The molecule has 0 aliphatic rings. The number of methoxy groups -OCH3 is 1. The molecular formula is C15H15Cl2NO2. The highest BCUT2D eigenvalue weighted by Crippen LogP contribution is 2.36. The molecule has 1 atom stereocenters. The number of rotatable bonds is 4. The van der Waals surface area contributed by atoms with Gasteiger partial charge in [-0.15, -0.1) is 0 Å². The first-order valence-corrected chi connectivity index (χ1v) is 6.84. The van der Waals surface area contributed by atoms with Crippen molar-refractivity contribution in [2.24, 2.45) is 5.73 Å². The summed E-state index contributed by atoms with van der Waals surface area (Å²) in [6.07, 6.45) is 0. The van der Waals surface area contributed by atoms with Crippen LogP contribution in [0.5, 0.6) is 17.2 Å². The molecular weight excluding hydrogens is 297 g/mol. The molecule has 0 unspecified atom stereocenters. The number of nitrogens with two attached hydrogens (primary N) is 1. The summed E-state index contributed by atoms with van der Waals surface area (Å²) in [5, 5.41) is 0.923. The van der Waals surface area contributed by atoms with E-state index in [1.165, 1.54) is 0 Å². The third kappa shape index (κ3) is 3.18. The van der Waals surface area contributed by atoms with Crippen molar-refractivity contribution in [2.75, 3.05) is 7.11 Å². The van der Waals surface area contributed by atoms with Crippen molar-refractivity contribution < 1.29 is 9.47 Å². The zero-order valence-electron chi connectivity index (χ0n) is 11.2. The largest absolute Gasteiger partial charge is 0.496 e. The van der Waals surface area contributed by atoms with Crippen LogP contribution in [-0.2, 0) is 0 Å². The minimum atomic E-state index is -0.219. The van der Waals surface area contributed by atoms with Crippen molar-refractivity contribution in [3.63, 3.8) is 0 Å². The highest BCUT2D eigenvalue weighted by atomic mass is 35.5. The van der Waals surface area contributed by atoms with E-state index in [4.69, 9.17) is 38.4 Å². The van der Waals surface area contributed by atoms with Crippen LogP contribution >= 0.6 is 23.2 Å². The van der Waals surface area contributed by atoms with Gasteiger partial charge in [0.15, 0.2) is 0 Å². The first-order valence-electron chi connectivity index (χ1n) is 6.08. The summed E-state index contributed by atoms with van der Waals surface area (Å²) in [6, 6.07) is 10.4. The summed E-state index contributed by atoms with van der Waals surface area (Å²) < 4.78 is 11.2. The van der Waals surface area contributed by atoms with Crippen molar-refractivity contribution in [1.29, 1.82) is 0 Å². The topological polar surface area (TPSA) is 44.5 Å². The Morgan fingerprint density at radius 2 is 1.75 bits per heavy atom. The molecule has 3 nitrogen and oxygen atoms in total. The van der Waals surface area contributed by atoms with Gasteiger partial charge in [0.1, 0.15) is 17.2 Å². The molecule has 0 amide bonds. The average Bonchev–Trinajstić information content (AvgIpc) is 2.42. The average molecular weight is 312 g/mol. The van der Waals surface area contributed by atoms with Gasteiger partial charge in [0.05, 0.1) is 22.7 Å². The molecule has 0 aromatic heterocycles. The summed E-state index contributed by atoms with van der Waals surface area (Å²) in [4.78, 5) is 0. The summed E-state index contributed by atoms with van der Waals surface area (Å²) >= 11 is 11.9. The molecule has 0 aliphatic heterocycles. The standard InChI is InChI=1S/C15H15Cl2NO2/c1-9(18)15-13(19-2)4-3-5-14(15)20-10-6-7-11(16)12(17)8-10/h3-9H,18H2,1-2H3/t9-/m1/s1. The summed E-state index contributed by atoms with van der Waals surface area (Å²) in [5.41, 5.74) is 6.80. The zero-order valence-corrected chi connectivity index (χ0v) is 12.7. The molecule has 2 N–H and O–H groups in total. The molecule has 0 bridgehead atoms. The van der Waals surface area contributed by atoms with Gasteiger partial charge in [0.2, 0.25) is 0 Å². The second-order valence-corrected chi connectivity index (χ2v) is 5.15. The predicted octanol–water partition coefficient (Wildman–Crippen LogP) is 4.81. The van der Waals surface area contributed by atoms with Gasteiger partial charge < -0.3 is 15.2 Å². The molecule has 0 spiro atoms. The monoisotopic (exact) mass is 311 g/mol. The van der Waals surface area contributed by atoms with Crippen molar-refractivity contribution in [3.05, 3.63) is 52.0 Å². The quantitative estimate of drug-likeness (QED) is 0.880. The van der Waals surface area contributed by atoms with Gasteiger partial charge in [-0.25, -0.2) is 0 Å². The lowest BCUT2D eigenvalue weighted by Crippen LogP contribution is -2.08. The van der Waals surface area contributed by atoms with Gasteiger partial charge in [-0.05, 0) is 31.2 Å². The Morgan fingerprint density at radius 3 is 2.35 bits per heavy atom. The maximum Gasteiger partial charge on any atom is 0.135 e. The molecule has 0 radical (unpaired) electrons. The molecule has 2 aromatic carbocycles. The fraction of sp³-hybridized carbons (Fsp3) is 0.200. The third-order valence-electron chi connectivity index (χ3n) is 2.82. The zero-order chi connectivity index (χ0) is 14.7. The molecule has 0 heterocycles. The van der Waals surface area contributed by atoms with E-state index < -0.39 is 0 Å². The van der Waals surface area contributed by atoms with Crippen molar-refractivity contribution >= 4 is 23.2 Å². The Kier molecular flexibility index (Phi) is 4.76. The Morgan fingerprint density at radius 1 is 1.05 bits per heavy atom. The van der Waals surface area contributed by atoms with E-state index in [0.717, 1.165) is 5.56 Å². The van der Waals surface area contributed by atoms with Crippen LogP contribution in [0.1, 0.15) is 18.5 Å². The lowest BCUT2D eigenvalue weighted by Gasteiger charge is -2.17. The molecule has 0 saturated carbocycles. The molecule has 0 saturated heterocycles. The van der Waals surface area contributed by atoms with E-state index in [1.807, 2.05) is 25.1 Å². The summed E-state index contributed by atoms with van der Waals surface area (Å²) in [5.74, 6) is 1.92. The number of benzene rings is 2. The lowest BCUT2D eigenvalue weighted by molar-refractivity contribution is 0.397. The fourth-order valence-electron chi connectivity index (χ4n) is 1.91. The Labute approximate surface area is 128 Å². The fourth-order valence-corrected chi connectivity index (χ4v) is 2.20. The number of hydrogen-bond donors (Lipinski definition) is 1. The number of halogens is 2. The van der Waals surface area contributed by atoms with Crippen LogP contribution in [0, 0.1) is 0 Å². The van der Waals surface area contributed by atoms with Gasteiger partial charge in [-0.1, -0.05) is 29.3 Å². The second-order valence-electron chi connectivity index (χ2n) is 4.34. The minimum absolute atomic E-state index is 0.219. The Hall–Kier alpha value is -1.42. The number of hydrogen-bond acceptors (Lipinski definition) is 3. The van der Waals surface area contributed by atoms with Crippen LogP contribution in [0.2, 0.25) is 10.0 Å². The molecule has 5 heteroatoms. The molecule has 2 rings (SSSR count). The van der Waals surface area contributed by atoms with Gasteiger partial charge in [-0.3, -0.25) is 0 Å². The maximum atomic E-state index is 5.99. The van der Waals surface area contributed by atoms with Gasteiger partial charge in [0, 0.05) is 12.1 Å². The summed E-state index contributed by atoms with van der Waals surface area (Å²) in [7, 11) is 1.60. The van der Waals surface area contributed by atoms with Crippen molar-refractivity contribution in [1.82, 2.24) is 0 Å². The van der Waals surface area contributed by atoms with Gasteiger partial charge in [0.25, 0.3) is 0 Å². The van der Waals surface area contributed by atoms with Crippen LogP contribution < -0.4 is 15.2 Å². The Bertz CT molecular complexity index is 615. The molecule has 106 valence electrons. The minimum Gasteiger partial charge on any atom is -0.496 e. The van der Waals surface area contributed by atoms with E-state index in [2.05, 4.69) is 0 Å². The van der Waals surface area contributed by atoms with Gasteiger partial charge in [-0.2, -0.15) is 0 Å². The normalized spacial score (nSPS) is 12.1. The van der Waals surface area contributed by atoms with Crippen LogP contribution in [0.3, 0.4) is 0 Å². The Balaban J connectivity index is 2.40. The highest BCUT2D eigenvalue weighted by Gasteiger charge is 2.15. The molecule has 0 aliphatic carbocycles. The van der Waals surface area contributed by atoms with Crippen LogP contribution in [0.4, 0.5) is 0 Å². The molecule has 0 fully saturated rings. The predicted molar refractivity (Wildman–Crippen MR) is 82.1 cm³/mol. The van der Waals surface area contributed by atoms with E-state index in [9.17, 15) is 0 Å².